The van der Waals surface area contributed by atoms with Crippen molar-refractivity contribution in [1.82, 2.24) is 19.5 Å². The number of halogens is 1. The van der Waals surface area contributed by atoms with Crippen LogP contribution in [0.1, 0.15) is 5.69 Å². The summed E-state index contributed by atoms with van der Waals surface area (Å²) < 4.78 is 1.43. The maximum Gasteiger partial charge on any atom is 0.268 e. The van der Waals surface area contributed by atoms with E-state index in [0.29, 0.717) is 27.7 Å². The Balaban J connectivity index is 2.00. The molecule has 1 N–H and O–H groups in total. The molecule has 0 bridgehead atoms. The van der Waals surface area contributed by atoms with Gasteiger partial charge in [0.2, 0.25) is 5.95 Å². The molecule has 0 saturated heterocycles. The van der Waals surface area contributed by atoms with Crippen LogP contribution in [0.3, 0.4) is 0 Å². The molecule has 0 aliphatic rings. The highest BCUT2D eigenvalue weighted by Gasteiger charge is 2.14. The molecule has 2 aromatic carbocycles. The zero-order chi connectivity index (χ0) is 18.1. The van der Waals surface area contributed by atoms with Crippen LogP contribution in [0.15, 0.2) is 65.7 Å². The molecule has 6 nitrogen and oxygen atoms in total. The molecule has 26 heavy (non-hydrogen) atoms. The van der Waals surface area contributed by atoms with Crippen molar-refractivity contribution in [3.63, 3.8) is 0 Å². The first-order chi connectivity index (χ1) is 12.6. The smallest absolute Gasteiger partial charge is 0.268 e. The highest BCUT2D eigenvalue weighted by atomic mass is 35.5. The summed E-state index contributed by atoms with van der Waals surface area (Å²) in [6.07, 6.45) is 1.42. The number of anilines is 2. The first-order valence-electron chi connectivity index (χ1n) is 7.95. The average molecular weight is 364 g/mol. The summed E-state index contributed by atoms with van der Waals surface area (Å²) in [5.74, 6) is 0.810. The van der Waals surface area contributed by atoms with Gasteiger partial charge in [0.25, 0.3) is 5.56 Å². The van der Waals surface area contributed by atoms with E-state index in [1.807, 2.05) is 37.3 Å². The van der Waals surface area contributed by atoms with Crippen LogP contribution in [0, 0.1) is 6.92 Å². The van der Waals surface area contributed by atoms with Crippen molar-refractivity contribution < 1.29 is 0 Å². The molecule has 2 aromatic heterocycles. The normalized spacial score (nSPS) is 10.8. The van der Waals surface area contributed by atoms with Gasteiger partial charge in [0.1, 0.15) is 12.1 Å². The number of aryl methyl sites for hydroxylation is 1. The van der Waals surface area contributed by atoms with Gasteiger partial charge in [-0.25, -0.2) is 19.5 Å². The SMILES string of the molecule is Cc1cc(-n2c(Nc3ccccc3)nc3ccc(Cl)cc3c2=O)ncn1. The van der Waals surface area contributed by atoms with E-state index in [9.17, 15) is 4.79 Å². The van der Waals surface area contributed by atoms with Gasteiger partial charge in [-0.1, -0.05) is 29.8 Å². The Morgan fingerprint density at radius 1 is 1.04 bits per heavy atom. The molecule has 0 aliphatic carbocycles. The van der Waals surface area contributed by atoms with Crippen molar-refractivity contribution in [3.8, 4) is 5.82 Å². The number of para-hydroxylation sites is 1. The van der Waals surface area contributed by atoms with E-state index >= 15 is 0 Å². The molecule has 4 rings (SSSR count). The van der Waals surface area contributed by atoms with Crippen LogP contribution in [-0.4, -0.2) is 19.5 Å². The van der Waals surface area contributed by atoms with E-state index in [1.54, 1.807) is 24.3 Å². The maximum absolute atomic E-state index is 13.2. The zero-order valence-electron chi connectivity index (χ0n) is 13.8. The lowest BCUT2D eigenvalue weighted by Crippen LogP contribution is -2.23. The van der Waals surface area contributed by atoms with Crippen molar-refractivity contribution in [2.75, 3.05) is 5.32 Å². The second kappa shape index (κ2) is 6.57. The Morgan fingerprint density at radius 2 is 1.85 bits per heavy atom. The van der Waals surface area contributed by atoms with Gasteiger partial charge < -0.3 is 5.32 Å². The number of nitrogens with one attached hydrogen (secondary N) is 1. The topological polar surface area (TPSA) is 72.7 Å². The van der Waals surface area contributed by atoms with E-state index < -0.39 is 0 Å². The van der Waals surface area contributed by atoms with Gasteiger partial charge in [-0.05, 0) is 37.3 Å². The van der Waals surface area contributed by atoms with E-state index in [1.165, 1.54) is 10.9 Å². The molecule has 0 spiro atoms. The lowest BCUT2D eigenvalue weighted by Gasteiger charge is -2.14. The highest BCUT2D eigenvalue weighted by molar-refractivity contribution is 6.31. The molecule has 0 aliphatic heterocycles. The minimum Gasteiger partial charge on any atom is -0.325 e. The number of benzene rings is 2. The fourth-order valence-corrected chi connectivity index (χ4v) is 2.84. The van der Waals surface area contributed by atoms with Crippen LogP contribution in [0.4, 0.5) is 11.6 Å². The fourth-order valence-electron chi connectivity index (χ4n) is 2.67. The zero-order valence-corrected chi connectivity index (χ0v) is 14.6. The van der Waals surface area contributed by atoms with Crippen LogP contribution < -0.4 is 10.9 Å². The summed E-state index contributed by atoms with van der Waals surface area (Å²) >= 11 is 6.07. The third-order valence-corrected chi connectivity index (χ3v) is 4.11. The molecule has 2 heterocycles. The van der Waals surface area contributed by atoms with Crippen molar-refractivity contribution in [2.24, 2.45) is 0 Å². The van der Waals surface area contributed by atoms with Crippen molar-refractivity contribution in [3.05, 3.63) is 82.0 Å². The fraction of sp³-hybridized carbons (Fsp3) is 0.0526. The lowest BCUT2D eigenvalue weighted by atomic mass is 10.2. The van der Waals surface area contributed by atoms with Gasteiger partial charge in [-0.3, -0.25) is 4.79 Å². The van der Waals surface area contributed by atoms with E-state index in [0.717, 1.165) is 11.4 Å². The number of hydrogen-bond donors (Lipinski definition) is 1. The molecule has 0 radical (unpaired) electrons. The van der Waals surface area contributed by atoms with Crippen LogP contribution in [-0.2, 0) is 0 Å². The predicted octanol–water partition coefficient (Wildman–Crippen LogP) is 3.88. The standard InChI is InChI=1S/C19H14ClN5O/c1-12-9-17(22-11-21-12)25-18(26)15-10-13(20)7-8-16(15)24-19(25)23-14-5-3-2-4-6-14/h2-11H,1H3,(H,23,24). The number of hydrogen-bond acceptors (Lipinski definition) is 5. The molecule has 128 valence electrons. The van der Waals surface area contributed by atoms with Crippen molar-refractivity contribution >= 4 is 34.1 Å². The van der Waals surface area contributed by atoms with Gasteiger partial charge in [0, 0.05) is 22.5 Å². The lowest BCUT2D eigenvalue weighted by molar-refractivity contribution is 0.910. The Labute approximate surface area is 154 Å². The maximum atomic E-state index is 13.2. The van der Waals surface area contributed by atoms with E-state index in [-0.39, 0.29) is 5.56 Å². The average Bonchev–Trinajstić information content (AvgIpc) is 2.63. The third kappa shape index (κ3) is 3.02. The van der Waals surface area contributed by atoms with Crippen LogP contribution in [0.5, 0.6) is 0 Å². The molecule has 0 atom stereocenters. The van der Waals surface area contributed by atoms with Gasteiger partial charge in [-0.2, -0.15) is 0 Å². The highest BCUT2D eigenvalue weighted by Crippen LogP contribution is 2.21. The van der Waals surface area contributed by atoms with Crippen LogP contribution in [0.25, 0.3) is 16.7 Å². The molecule has 4 aromatic rings. The second-order valence-electron chi connectivity index (χ2n) is 5.75. The third-order valence-electron chi connectivity index (χ3n) is 3.88. The Hall–Kier alpha value is -3.25. The molecule has 7 heteroatoms. The van der Waals surface area contributed by atoms with Gasteiger partial charge in [0.15, 0.2) is 0 Å². The van der Waals surface area contributed by atoms with Gasteiger partial charge in [0.05, 0.1) is 10.9 Å². The molecule has 0 fully saturated rings. The van der Waals surface area contributed by atoms with Crippen molar-refractivity contribution in [1.29, 1.82) is 0 Å². The largest absolute Gasteiger partial charge is 0.325 e. The quantitative estimate of drug-likeness (QED) is 0.598. The van der Waals surface area contributed by atoms with Crippen LogP contribution in [0.2, 0.25) is 5.02 Å². The number of fused-ring (bicyclic) bond motifs is 1. The minimum atomic E-state index is -0.256. The summed E-state index contributed by atoms with van der Waals surface area (Å²) in [7, 11) is 0. The molecular formula is C19H14ClN5O. The summed E-state index contributed by atoms with van der Waals surface area (Å²) in [6, 6.07) is 16.3. The second-order valence-corrected chi connectivity index (χ2v) is 6.18. The summed E-state index contributed by atoms with van der Waals surface area (Å²) in [6.45, 7) is 1.84. The Kier molecular flexibility index (Phi) is 4.10. The first kappa shape index (κ1) is 16.2. The number of rotatable bonds is 3. The number of aromatic nitrogens is 4. The summed E-state index contributed by atoms with van der Waals surface area (Å²) in [4.78, 5) is 26.1. The van der Waals surface area contributed by atoms with E-state index in [4.69, 9.17) is 11.6 Å². The molecule has 0 amide bonds. The van der Waals surface area contributed by atoms with Crippen LogP contribution >= 0.6 is 11.6 Å². The van der Waals surface area contributed by atoms with Gasteiger partial charge in [-0.15, -0.1) is 0 Å². The first-order valence-corrected chi connectivity index (χ1v) is 8.33. The molecular weight excluding hydrogens is 350 g/mol. The Bertz CT molecular complexity index is 1160. The van der Waals surface area contributed by atoms with E-state index in [2.05, 4.69) is 20.3 Å². The summed E-state index contributed by atoms with van der Waals surface area (Å²) in [5, 5.41) is 4.10. The van der Waals surface area contributed by atoms with Gasteiger partial charge >= 0.3 is 0 Å². The number of nitrogens with zero attached hydrogens (tertiary/aromatic N) is 4. The monoisotopic (exact) mass is 363 g/mol. The predicted molar refractivity (Wildman–Crippen MR) is 102 cm³/mol. The minimum absolute atomic E-state index is 0.256. The summed E-state index contributed by atoms with van der Waals surface area (Å²) in [5.41, 5.74) is 1.86. The molecule has 0 saturated carbocycles. The Morgan fingerprint density at radius 3 is 2.62 bits per heavy atom. The van der Waals surface area contributed by atoms with Crippen molar-refractivity contribution in [2.45, 2.75) is 6.92 Å². The molecule has 0 unspecified atom stereocenters.